The van der Waals surface area contributed by atoms with E-state index in [0.717, 1.165) is 15.9 Å². The summed E-state index contributed by atoms with van der Waals surface area (Å²) in [6.07, 6.45) is 0. The van der Waals surface area contributed by atoms with Gasteiger partial charge in [0.05, 0.1) is 15.5 Å². The summed E-state index contributed by atoms with van der Waals surface area (Å²) in [4.78, 5) is 4.48. The number of aromatic nitrogens is 3. The van der Waals surface area contributed by atoms with Gasteiger partial charge in [0.15, 0.2) is 4.34 Å². The number of benzene rings is 2. The predicted molar refractivity (Wildman–Crippen MR) is 120 cm³/mol. The van der Waals surface area contributed by atoms with Crippen molar-refractivity contribution in [3.8, 4) is 6.07 Å². The van der Waals surface area contributed by atoms with Crippen molar-refractivity contribution in [3.63, 3.8) is 0 Å². The first-order valence-electron chi connectivity index (χ1n) is 8.65. The summed E-state index contributed by atoms with van der Waals surface area (Å²) in [6.45, 7) is 1.83. The Kier molecular flexibility index (Phi) is 5.76. The normalized spacial score (nSPS) is 13.0. The van der Waals surface area contributed by atoms with Gasteiger partial charge < -0.3 is 10.4 Å². The van der Waals surface area contributed by atoms with E-state index < -0.39 is 0 Å². The Balaban J connectivity index is 1.52. The third-order valence-electron chi connectivity index (χ3n) is 3.97. The van der Waals surface area contributed by atoms with Gasteiger partial charge in [-0.05, 0) is 31.2 Å². The smallest absolute Gasteiger partial charge is 0.210 e. The molecule has 0 fully saturated rings. The molecule has 2 heterocycles. The van der Waals surface area contributed by atoms with Crippen LogP contribution in [0.5, 0.6) is 0 Å². The molecule has 2 aromatic carbocycles. The highest BCUT2D eigenvalue weighted by atomic mass is 32.2. The third kappa shape index (κ3) is 4.40. The molecule has 0 aliphatic heterocycles. The number of thioether (sulfide) groups is 1. The van der Waals surface area contributed by atoms with Crippen LogP contribution in [-0.2, 0) is 0 Å². The van der Waals surface area contributed by atoms with Crippen LogP contribution in [0, 0.1) is 11.3 Å². The van der Waals surface area contributed by atoms with Gasteiger partial charge in [-0.3, -0.25) is 0 Å². The lowest BCUT2D eigenvalue weighted by atomic mass is 10.2. The Bertz CT molecular complexity index is 1180. The molecule has 2 aromatic heterocycles. The lowest BCUT2D eigenvalue weighted by Gasteiger charge is -2.09. The number of rotatable bonds is 6. The second-order valence-corrected chi connectivity index (χ2v) is 9.58. The fourth-order valence-electron chi connectivity index (χ4n) is 2.56. The van der Waals surface area contributed by atoms with Crippen LogP contribution in [0.15, 0.2) is 64.7 Å². The van der Waals surface area contributed by atoms with Crippen molar-refractivity contribution in [1.82, 2.24) is 15.2 Å². The van der Waals surface area contributed by atoms with Crippen LogP contribution >= 0.6 is 34.4 Å². The van der Waals surface area contributed by atoms with Crippen molar-refractivity contribution >= 4 is 61.0 Å². The number of hydrogen-bond acceptors (Lipinski definition) is 9. The zero-order valence-corrected chi connectivity index (χ0v) is 17.7. The van der Waals surface area contributed by atoms with E-state index in [1.807, 2.05) is 61.5 Å². The lowest BCUT2D eigenvalue weighted by Crippen LogP contribution is -2.03. The first kappa shape index (κ1) is 19.4. The van der Waals surface area contributed by atoms with Crippen molar-refractivity contribution in [1.29, 1.82) is 5.26 Å². The molecule has 0 aliphatic rings. The van der Waals surface area contributed by atoms with Crippen LogP contribution in [-0.4, -0.2) is 25.5 Å². The van der Waals surface area contributed by atoms with Crippen LogP contribution in [0.2, 0.25) is 0 Å². The van der Waals surface area contributed by atoms with E-state index in [1.165, 1.54) is 34.4 Å². The van der Waals surface area contributed by atoms with Crippen molar-refractivity contribution in [2.75, 3.05) is 5.32 Å². The van der Waals surface area contributed by atoms with E-state index in [9.17, 15) is 10.4 Å². The minimum atomic E-state index is -0.366. The van der Waals surface area contributed by atoms with Crippen LogP contribution in [0.3, 0.4) is 0 Å². The Hall–Kier alpha value is -2.93. The van der Waals surface area contributed by atoms with E-state index >= 15 is 0 Å². The zero-order chi connectivity index (χ0) is 20.2. The van der Waals surface area contributed by atoms with Crippen LogP contribution < -0.4 is 5.32 Å². The maximum absolute atomic E-state index is 10.7. The summed E-state index contributed by atoms with van der Waals surface area (Å²) in [7, 11) is 0. The third-order valence-corrected chi connectivity index (χ3v) is 7.06. The van der Waals surface area contributed by atoms with Gasteiger partial charge in [-0.25, -0.2) is 4.98 Å². The van der Waals surface area contributed by atoms with Gasteiger partial charge in [0.2, 0.25) is 5.13 Å². The van der Waals surface area contributed by atoms with E-state index in [-0.39, 0.29) is 16.6 Å². The second-order valence-electron chi connectivity index (χ2n) is 5.98. The quantitative estimate of drug-likeness (QED) is 0.221. The fourth-order valence-corrected chi connectivity index (χ4v) is 5.51. The highest BCUT2D eigenvalue weighted by Gasteiger charge is 2.21. The van der Waals surface area contributed by atoms with E-state index in [4.69, 9.17) is 0 Å². The molecular formula is C20H15N5OS3. The minimum Gasteiger partial charge on any atom is -0.510 e. The molecule has 144 valence electrons. The van der Waals surface area contributed by atoms with Gasteiger partial charge in [0.25, 0.3) is 0 Å². The van der Waals surface area contributed by atoms with Crippen molar-refractivity contribution in [3.05, 3.63) is 65.4 Å². The largest absolute Gasteiger partial charge is 0.510 e. The molecular weight excluding hydrogens is 422 g/mol. The summed E-state index contributed by atoms with van der Waals surface area (Å²) in [5.41, 5.74) is 1.94. The first-order chi connectivity index (χ1) is 14.1. The summed E-state index contributed by atoms with van der Waals surface area (Å²) in [5, 5.41) is 32.6. The van der Waals surface area contributed by atoms with Gasteiger partial charge in [-0.2, -0.15) is 5.26 Å². The van der Waals surface area contributed by atoms with Gasteiger partial charge in [-0.15, -0.1) is 21.5 Å². The molecule has 2 N–H and O–H groups in total. The first-order valence-corrected chi connectivity index (χ1v) is 11.2. The molecule has 0 spiro atoms. The topological polar surface area (TPSA) is 94.7 Å². The van der Waals surface area contributed by atoms with E-state index in [1.54, 1.807) is 0 Å². The van der Waals surface area contributed by atoms with E-state index in [0.29, 0.717) is 14.5 Å². The Morgan fingerprint density at radius 3 is 2.62 bits per heavy atom. The molecule has 1 atom stereocenters. The summed E-state index contributed by atoms with van der Waals surface area (Å²) < 4.78 is 1.67. The average Bonchev–Trinajstić information content (AvgIpc) is 3.35. The highest BCUT2D eigenvalue weighted by molar-refractivity contribution is 8.01. The molecule has 0 amide bonds. The molecule has 4 rings (SSSR count). The standard InChI is InChI=1S/C20H15N5OS3/c1-12(27-20-25-24-19(29-20)22-13-7-3-2-4-8-13)17(26)14(11-21)18-23-15-9-5-6-10-16(15)28-18/h2-10,12,26H,1H3,(H,22,24)/b17-14-. The van der Waals surface area contributed by atoms with Gasteiger partial charge in [-0.1, -0.05) is 53.4 Å². The molecule has 0 saturated carbocycles. The molecule has 0 bridgehead atoms. The number of aliphatic hydroxyl groups is 1. The number of allylic oxidation sites excluding steroid dienone is 1. The number of fused-ring (bicyclic) bond motifs is 1. The number of thiazole rings is 1. The van der Waals surface area contributed by atoms with Crippen LogP contribution in [0.25, 0.3) is 15.8 Å². The second kappa shape index (κ2) is 8.61. The SMILES string of the molecule is CC(Sc1nnc(Nc2ccccc2)s1)/C(O)=C(\C#N)c1nc2ccccc2s1. The van der Waals surface area contributed by atoms with Crippen molar-refractivity contribution in [2.24, 2.45) is 0 Å². The molecule has 1 unspecified atom stereocenters. The molecule has 4 aromatic rings. The van der Waals surface area contributed by atoms with Crippen molar-refractivity contribution in [2.45, 2.75) is 16.5 Å². The number of para-hydroxylation sites is 2. The van der Waals surface area contributed by atoms with Crippen LogP contribution in [0.1, 0.15) is 11.9 Å². The number of nitrogens with zero attached hydrogens (tertiary/aromatic N) is 4. The number of anilines is 2. The number of aliphatic hydroxyl groups excluding tert-OH is 1. The lowest BCUT2D eigenvalue weighted by molar-refractivity contribution is 0.402. The summed E-state index contributed by atoms with van der Waals surface area (Å²) in [5.74, 6) is -0.00988. The summed E-state index contributed by atoms with van der Waals surface area (Å²) in [6, 6.07) is 19.5. The summed E-state index contributed by atoms with van der Waals surface area (Å²) >= 11 is 4.13. The highest BCUT2D eigenvalue weighted by Crippen LogP contribution is 2.35. The van der Waals surface area contributed by atoms with Gasteiger partial charge >= 0.3 is 0 Å². The maximum atomic E-state index is 10.7. The average molecular weight is 438 g/mol. The number of nitrogens with one attached hydrogen (secondary N) is 1. The van der Waals surface area contributed by atoms with E-state index in [2.05, 4.69) is 26.6 Å². The minimum absolute atomic E-state index is 0.00988. The molecule has 0 radical (unpaired) electrons. The van der Waals surface area contributed by atoms with Gasteiger partial charge in [0.1, 0.15) is 22.4 Å². The molecule has 0 aliphatic carbocycles. The molecule has 29 heavy (non-hydrogen) atoms. The zero-order valence-electron chi connectivity index (χ0n) is 15.2. The number of hydrogen-bond donors (Lipinski definition) is 2. The Labute approximate surface area is 179 Å². The van der Waals surface area contributed by atoms with Crippen LogP contribution in [0.4, 0.5) is 10.8 Å². The van der Waals surface area contributed by atoms with Gasteiger partial charge in [0, 0.05) is 5.69 Å². The fraction of sp³-hybridized carbons (Fsp3) is 0.100. The predicted octanol–water partition coefficient (Wildman–Crippen LogP) is 5.86. The molecule has 9 heteroatoms. The number of nitriles is 1. The molecule has 0 saturated heterocycles. The monoisotopic (exact) mass is 437 g/mol. The maximum Gasteiger partial charge on any atom is 0.210 e. The van der Waals surface area contributed by atoms with Crippen molar-refractivity contribution < 1.29 is 5.11 Å². The Morgan fingerprint density at radius 2 is 1.86 bits per heavy atom. The Morgan fingerprint density at radius 1 is 1.10 bits per heavy atom. The molecule has 6 nitrogen and oxygen atoms in total.